The molecule has 1 N–H and O–H groups in total. The highest BCUT2D eigenvalue weighted by molar-refractivity contribution is 5.84. The Kier molecular flexibility index (Phi) is 3.82. The van der Waals surface area contributed by atoms with Gasteiger partial charge in [0.25, 0.3) is 0 Å². The van der Waals surface area contributed by atoms with Crippen LogP contribution in [0.3, 0.4) is 0 Å². The molecule has 1 saturated heterocycles. The third-order valence-corrected chi connectivity index (χ3v) is 5.17. The Morgan fingerprint density at radius 2 is 2.00 bits per heavy atom. The molecule has 1 aromatic carbocycles. The average Bonchev–Trinajstić information content (AvgIpc) is 3.26. The maximum Gasteiger partial charge on any atom is 0.305 e. The van der Waals surface area contributed by atoms with Gasteiger partial charge in [0.1, 0.15) is 13.2 Å². The number of benzene rings is 1. The van der Waals surface area contributed by atoms with Crippen LogP contribution in [0.1, 0.15) is 37.2 Å². The van der Waals surface area contributed by atoms with Crippen LogP contribution in [0.5, 0.6) is 11.5 Å². The monoisotopic (exact) mass is 331 g/mol. The van der Waals surface area contributed by atoms with Gasteiger partial charge >= 0.3 is 5.97 Å². The van der Waals surface area contributed by atoms with E-state index in [1.165, 1.54) is 0 Å². The first-order chi connectivity index (χ1) is 11.6. The summed E-state index contributed by atoms with van der Waals surface area (Å²) >= 11 is 0. The molecule has 2 fully saturated rings. The normalized spacial score (nSPS) is 27.8. The van der Waals surface area contributed by atoms with Crippen molar-refractivity contribution in [2.45, 2.75) is 37.6 Å². The molecule has 6 nitrogen and oxygen atoms in total. The van der Waals surface area contributed by atoms with Crippen molar-refractivity contribution in [2.24, 2.45) is 5.92 Å². The lowest BCUT2D eigenvalue weighted by Crippen LogP contribution is -2.38. The number of nitrogens with zero attached hydrogens (tertiary/aromatic N) is 1. The minimum absolute atomic E-state index is 0.0260. The van der Waals surface area contributed by atoms with Crippen LogP contribution in [0.25, 0.3) is 0 Å². The summed E-state index contributed by atoms with van der Waals surface area (Å²) in [5.74, 6) is 0.968. The molecule has 24 heavy (non-hydrogen) atoms. The molecule has 0 bridgehead atoms. The maximum absolute atomic E-state index is 12.7. The van der Waals surface area contributed by atoms with E-state index in [9.17, 15) is 9.59 Å². The van der Waals surface area contributed by atoms with Gasteiger partial charge in [-0.05, 0) is 42.9 Å². The Hall–Kier alpha value is -2.24. The lowest BCUT2D eigenvalue weighted by atomic mass is 10.1. The van der Waals surface area contributed by atoms with E-state index in [1.54, 1.807) is 4.90 Å². The first-order valence-corrected chi connectivity index (χ1v) is 8.55. The van der Waals surface area contributed by atoms with Gasteiger partial charge in [-0.2, -0.15) is 0 Å². The minimum Gasteiger partial charge on any atom is -0.486 e. The predicted molar refractivity (Wildman–Crippen MR) is 85.3 cm³/mol. The minimum atomic E-state index is -0.834. The molecule has 6 heteroatoms. The molecule has 2 aliphatic heterocycles. The van der Waals surface area contributed by atoms with Crippen LogP contribution in [0.4, 0.5) is 0 Å². The number of ether oxygens (including phenoxy) is 2. The first kappa shape index (κ1) is 15.3. The van der Waals surface area contributed by atoms with E-state index in [-0.39, 0.29) is 30.2 Å². The number of aliphatic carboxylic acids is 1. The topological polar surface area (TPSA) is 76.1 Å². The first-order valence-electron chi connectivity index (χ1n) is 8.55. The van der Waals surface area contributed by atoms with E-state index in [0.29, 0.717) is 19.8 Å². The van der Waals surface area contributed by atoms with Crippen molar-refractivity contribution in [2.75, 3.05) is 19.8 Å². The van der Waals surface area contributed by atoms with E-state index in [2.05, 4.69) is 0 Å². The van der Waals surface area contributed by atoms with Gasteiger partial charge in [0, 0.05) is 18.5 Å². The fourth-order valence-corrected chi connectivity index (χ4v) is 3.88. The number of fused-ring (bicyclic) bond motifs is 1. The Morgan fingerprint density at radius 3 is 2.79 bits per heavy atom. The lowest BCUT2D eigenvalue weighted by Gasteiger charge is -2.24. The average molecular weight is 331 g/mol. The second-order valence-electron chi connectivity index (χ2n) is 6.78. The van der Waals surface area contributed by atoms with Crippen molar-refractivity contribution in [3.05, 3.63) is 23.8 Å². The summed E-state index contributed by atoms with van der Waals surface area (Å²) in [6, 6.07) is 5.75. The smallest absolute Gasteiger partial charge is 0.305 e. The summed E-state index contributed by atoms with van der Waals surface area (Å²) < 4.78 is 11.1. The van der Waals surface area contributed by atoms with Gasteiger partial charge in [-0.3, -0.25) is 9.59 Å². The molecule has 3 unspecified atom stereocenters. The summed E-state index contributed by atoms with van der Waals surface area (Å²) in [5.41, 5.74) is 1.10. The highest BCUT2D eigenvalue weighted by Gasteiger charge is 2.48. The summed E-state index contributed by atoms with van der Waals surface area (Å²) in [7, 11) is 0. The van der Waals surface area contributed by atoms with Gasteiger partial charge in [-0.15, -0.1) is 0 Å². The largest absolute Gasteiger partial charge is 0.486 e. The number of hydrogen-bond donors (Lipinski definition) is 1. The number of carboxylic acid groups (broad SMARTS) is 1. The molecule has 0 spiro atoms. The van der Waals surface area contributed by atoms with E-state index in [0.717, 1.165) is 36.3 Å². The second kappa shape index (κ2) is 6.00. The van der Waals surface area contributed by atoms with Crippen molar-refractivity contribution in [1.82, 2.24) is 4.90 Å². The number of hydrogen-bond acceptors (Lipinski definition) is 4. The molecule has 3 atom stereocenters. The third-order valence-electron chi connectivity index (χ3n) is 5.17. The van der Waals surface area contributed by atoms with Gasteiger partial charge < -0.3 is 19.5 Å². The lowest BCUT2D eigenvalue weighted by molar-refractivity contribution is -0.140. The Bertz CT molecular complexity index is 673. The van der Waals surface area contributed by atoms with Gasteiger partial charge in [0.15, 0.2) is 11.5 Å². The maximum atomic E-state index is 12.7. The number of carboxylic acids is 1. The van der Waals surface area contributed by atoms with Gasteiger partial charge in [-0.25, -0.2) is 0 Å². The van der Waals surface area contributed by atoms with Crippen LogP contribution in [0, 0.1) is 5.92 Å². The van der Waals surface area contributed by atoms with Crippen molar-refractivity contribution in [3.8, 4) is 11.5 Å². The van der Waals surface area contributed by atoms with Crippen LogP contribution < -0.4 is 9.47 Å². The van der Waals surface area contributed by atoms with E-state index >= 15 is 0 Å². The number of carbonyl (C=O) groups excluding carboxylic acids is 1. The summed E-state index contributed by atoms with van der Waals surface area (Å²) in [5, 5.41) is 9.01. The summed E-state index contributed by atoms with van der Waals surface area (Å²) in [6.07, 6.45) is 2.56. The predicted octanol–water partition coefficient (Wildman–Crippen LogP) is 2.03. The molecule has 3 aliphatic rings. The molecule has 2 heterocycles. The molecule has 1 aromatic rings. The van der Waals surface area contributed by atoms with E-state index in [1.807, 2.05) is 18.2 Å². The van der Waals surface area contributed by atoms with Crippen LogP contribution in [-0.4, -0.2) is 47.7 Å². The zero-order valence-electron chi connectivity index (χ0n) is 13.4. The SMILES string of the molecule is O=C(O)CC1CCCN1C(=O)C1CC1c1ccc2c(c1)OCCO2. The van der Waals surface area contributed by atoms with Gasteiger partial charge in [-0.1, -0.05) is 6.07 Å². The Morgan fingerprint density at radius 1 is 1.21 bits per heavy atom. The highest BCUT2D eigenvalue weighted by atomic mass is 16.6. The highest BCUT2D eigenvalue weighted by Crippen LogP contribution is 2.50. The number of rotatable bonds is 4. The fraction of sp³-hybridized carbons (Fsp3) is 0.556. The van der Waals surface area contributed by atoms with Crippen molar-refractivity contribution in [3.63, 3.8) is 0 Å². The molecule has 128 valence electrons. The van der Waals surface area contributed by atoms with Crippen LogP contribution in [0.2, 0.25) is 0 Å². The zero-order valence-corrected chi connectivity index (χ0v) is 13.4. The second-order valence-corrected chi connectivity index (χ2v) is 6.78. The number of carbonyl (C=O) groups is 2. The molecular weight excluding hydrogens is 310 g/mol. The van der Waals surface area contributed by atoms with Gasteiger partial charge in [0.2, 0.25) is 5.91 Å². The standard InChI is InChI=1S/C18H21NO5/c20-17(21)9-12-2-1-5-19(12)18(22)14-10-13(14)11-3-4-15-16(8-11)24-7-6-23-15/h3-4,8,12-14H,1-2,5-7,9-10H2,(H,20,21). The van der Waals surface area contributed by atoms with Crippen LogP contribution in [0.15, 0.2) is 18.2 Å². The zero-order chi connectivity index (χ0) is 16.7. The number of amides is 1. The van der Waals surface area contributed by atoms with Gasteiger partial charge in [0.05, 0.1) is 6.42 Å². The fourth-order valence-electron chi connectivity index (χ4n) is 3.88. The molecule has 0 aromatic heterocycles. The van der Waals surface area contributed by atoms with Crippen LogP contribution >= 0.6 is 0 Å². The molecule has 4 rings (SSSR count). The molecule has 0 radical (unpaired) electrons. The number of likely N-dealkylation sites (tertiary alicyclic amines) is 1. The van der Waals surface area contributed by atoms with E-state index in [4.69, 9.17) is 14.6 Å². The third kappa shape index (κ3) is 2.81. The van der Waals surface area contributed by atoms with Crippen LogP contribution in [-0.2, 0) is 9.59 Å². The van der Waals surface area contributed by atoms with Crippen molar-refractivity contribution >= 4 is 11.9 Å². The quantitative estimate of drug-likeness (QED) is 0.913. The van der Waals surface area contributed by atoms with Crippen molar-refractivity contribution < 1.29 is 24.2 Å². The summed E-state index contributed by atoms with van der Waals surface area (Å²) in [4.78, 5) is 25.5. The van der Waals surface area contributed by atoms with Crippen molar-refractivity contribution in [1.29, 1.82) is 0 Å². The molecule has 1 saturated carbocycles. The molecule has 1 amide bonds. The Balaban J connectivity index is 1.44. The molecular formula is C18H21NO5. The molecule has 1 aliphatic carbocycles. The van der Waals surface area contributed by atoms with E-state index < -0.39 is 5.97 Å². The summed E-state index contributed by atoms with van der Waals surface area (Å²) in [6.45, 7) is 1.80. The Labute approximate surface area is 140 Å².